The predicted octanol–water partition coefficient (Wildman–Crippen LogP) is 3.25. The van der Waals surface area contributed by atoms with Crippen LogP contribution in [0.25, 0.3) is 0 Å². The number of nitrogens with one attached hydrogen (secondary N) is 1. The number of nitrogens with zero attached hydrogens (tertiary/aromatic N) is 2. The second-order valence-corrected chi connectivity index (χ2v) is 5.59. The summed E-state index contributed by atoms with van der Waals surface area (Å²) >= 11 is 0. The molecular weight excluding hydrogens is 266 g/mol. The molecule has 118 valence electrons. The summed E-state index contributed by atoms with van der Waals surface area (Å²) in [5.74, 6) is 1.64. The van der Waals surface area contributed by atoms with Crippen molar-refractivity contribution in [3.05, 3.63) is 17.6 Å². The number of methoxy groups -OCH3 is 1. The van der Waals surface area contributed by atoms with Gasteiger partial charge in [-0.25, -0.2) is 9.97 Å². The Morgan fingerprint density at radius 3 is 2.48 bits per heavy atom. The zero-order valence-corrected chi connectivity index (χ0v) is 13.4. The van der Waals surface area contributed by atoms with Gasteiger partial charge in [0.15, 0.2) is 5.82 Å². The molecule has 5 nitrogen and oxygen atoms in total. The van der Waals surface area contributed by atoms with Gasteiger partial charge in [0.1, 0.15) is 11.4 Å². The van der Waals surface area contributed by atoms with E-state index < -0.39 is 0 Å². The molecule has 21 heavy (non-hydrogen) atoms. The second-order valence-electron chi connectivity index (χ2n) is 5.59. The number of rotatable bonds is 6. The molecule has 0 spiro atoms. The fourth-order valence-electron chi connectivity index (χ4n) is 3.06. The van der Waals surface area contributed by atoms with E-state index in [1.165, 1.54) is 25.7 Å². The highest BCUT2D eigenvalue weighted by molar-refractivity contribution is 5.36. The molecule has 1 aromatic heterocycles. The average Bonchev–Trinajstić information content (AvgIpc) is 2.74. The van der Waals surface area contributed by atoms with Gasteiger partial charge in [0, 0.05) is 26.8 Å². The Kier molecular flexibility index (Phi) is 5.94. The Labute approximate surface area is 127 Å². The van der Waals surface area contributed by atoms with E-state index in [0.29, 0.717) is 13.2 Å². The van der Waals surface area contributed by atoms with Gasteiger partial charge in [-0.15, -0.1) is 0 Å². The maximum absolute atomic E-state index is 6.18. The van der Waals surface area contributed by atoms with Crippen molar-refractivity contribution in [2.75, 3.05) is 26.1 Å². The maximum Gasteiger partial charge on any atom is 0.162 e. The van der Waals surface area contributed by atoms with E-state index >= 15 is 0 Å². The van der Waals surface area contributed by atoms with Gasteiger partial charge in [-0.05, 0) is 19.8 Å². The monoisotopic (exact) mass is 293 g/mol. The molecule has 1 saturated carbocycles. The summed E-state index contributed by atoms with van der Waals surface area (Å²) < 4.78 is 11.4. The fraction of sp³-hybridized carbons (Fsp3) is 0.750. The third kappa shape index (κ3) is 3.92. The summed E-state index contributed by atoms with van der Waals surface area (Å²) in [6, 6.07) is 1.93. The minimum atomic E-state index is -0.333. The van der Waals surface area contributed by atoms with Crippen LogP contribution in [0.5, 0.6) is 0 Å². The standard InChI is InChI=1S/C16H27N3O2/c1-4-21-16(9-7-5-6-8-10-16)15-18-13(12-20-3)11-14(17-2)19-15/h11H,4-10,12H2,1-3H3,(H,17,18,19). The molecule has 1 heterocycles. The molecule has 2 rings (SSSR count). The van der Waals surface area contributed by atoms with Gasteiger partial charge in [-0.3, -0.25) is 0 Å². The largest absolute Gasteiger partial charge is 0.378 e. The van der Waals surface area contributed by atoms with Gasteiger partial charge >= 0.3 is 0 Å². The van der Waals surface area contributed by atoms with Crippen LogP contribution >= 0.6 is 0 Å². The molecule has 0 aliphatic heterocycles. The Hall–Kier alpha value is -1.20. The predicted molar refractivity (Wildman–Crippen MR) is 83.3 cm³/mol. The molecule has 1 aliphatic rings. The molecule has 0 radical (unpaired) electrons. The molecular formula is C16H27N3O2. The van der Waals surface area contributed by atoms with Crippen LogP contribution in [0.4, 0.5) is 5.82 Å². The first kappa shape index (κ1) is 16.2. The van der Waals surface area contributed by atoms with Crippen LogP contribution in [-0.4, -0.2) is 30.7 Å². The lowest BCUT2D eigenvalue weighted by molar-refractivity contribution is -0.0626. The molecule has 5 heteroatoms. The van der Waals surface area contributed by atoms with Crippen molar-refractivity contribution in [3.63, 3.8) is 0 Å². The lowest BCUT2D eigenvalue weighted by atomic mass is 9.92. The fourth-order valence-corrected chi connectivity index (χ4v) is 3.06. The average molecular weight is 293 g/mol. The highest BCUT2D eigenvalue weighted by Crippen LogP contribution is 2.38. The number of aromatic nitrogens is 2. The lowest BCUT2D eigenvalue weighted by Crippen LogP contribution is -2.32. The first-order valence-electron chi connectivity index (χ1n) is 7.93. The van der Waals surface area contributed by atoms with Gasteiger partial charge in [0.25, 0.3) is 0 Å². The highest BCUT2D eigenvalue weighted by Gasteiger charge is 2.37. The van der Waals surface area contributed by atoms with Gasteiger partial charge < -0.3 is 14.8 Å². The summed E-state index contributed by atoms with van der Waals surface area (Å²) in [5.41, 5.74) is 0.566. The third-order valence-corrected chi connectivity index (χ3v) is 4.07. The van der Waals surface area contributed by atoms with E-state index in [1.807, 2.05) is 20.0 Å². The van der Waals surface area contributed by atoms with E-state index in [2.05, 4.69) is 10.3 Å². The Morgan fingerprint density at radius 2 is 1.90 bits per heavy atom. The van der Waals surface area contributed by atoms with E-state index in [-0.39, 0.29) is 5.60 Å². The highest BCUT2D eigenvalue weighted by atomic mass is 16.5. The molecule has 1 aromatic rings. The number of anilines is 1. The second kappa shape index (κ2) is 7.71. The molecule has 0 bridgehead atoms. The summed E-state index contributed by atoms with van der Waals surface area (Å²) in [5, 5.41) is 3.12. The minimum absolute atomic E-state index is 0.333. The molecule has 0 saturated heterocycles. The van der Waals surface area contributed by atoms with E-state index in [1.54, 1.807) is 7.11 Å². The van der Waals surface area contributed by atoms with Crippen molar-refractivity contribution < 1.29 is 9.47 Å². The summed E-state index contributed by atoms with van der Waals surface area (Å²) in [6.45, 7) is 3.23. The topological polar surface area (TPSA) is 56.3 Å². The van der Waals surface area contributed by atoms with Crippen LogP contribution in [0.15, 0.2) is 6.07 Å². The molecule has 0 aromatic carbocycles. The first-order valence-corrected chi connectivity index (χ1v) is 7.93. The van der Waals surface area contributed by atoms with E-state index in [9.17, 15) is 0 Å². The molecule has 1 aliphatic carbocycles. The summed E-state index contributed by atoms with van der Waals surface area (Å²) in [6.07, 6.45) is 6.89. The van der Waals surface area contributed by atoms with E-state index in [4.69, 9.17) is 14.5 Å². The first-order chi connectivity index (χ1) is 10.2. The van der Waals surface area contributed by atoms with Gasteiger partial charge in [0.2, 0.25) is 0 Å². The zero-order valence-electron chi connectivity index (χ0n) is 13.4. The Balaban J connectivity index is 2.40. The molecule has 0 unspecified atom stereocenters. The van der Waals surface area contributed by atoms with Crippen molar-refractivity contribution in [1.29, 1.82) is 0 Å². The van der Waals surface area contributed by atoms with Gasteiger partial charge in [0.05, 0.1) is 12.3 Å². The van der Waals surface area contributed by atoms with Crippen molar-refractivity contribution in [2.24, 2.45) is 0 Å². The Bertz CT molecular complexity index is 443. The molecule has 1 fully saturated rings. The van der Waals surface area contributed by atoms with Crippen LogP contribution in [0.3, 0.4) is 0 Å². The molecule has 0 amide bonds. The molecule has 1 N–H and O–H groups in total. The number of hydrogen-bond acceptors (Lipinski definition) is 5. The number of hydrogen-bond donors (Lipinski definition) is 1. The summed E-state index contributed by atoms with van der Waals surface area (Å²) in [4.78, 5) is 9.41. The zero-order chi connectivity index (χ0) is 15.1. The van der Waals surface area contributed by atoms with Crippen molar-refractivity contribution in [1.82, 2.24) is 9.97 Å². The quantitative estimate of drug-likeness (QED) is 0.816. The lowest BCUT2D eigenvalue weighted by Gasteiger charge is -2.31. The van der Waals surface area contributed by atoms with Crippen molar-refractivity contribution in [2.45, 2.75) is 57.7 Å². The van der Waals surface area contributed by atoms with Crippen LogP contribution in [-0.2, 0) is 21.7 Å². The van der Waals surface area contributed by atoms with Crippen LogP contribution in [0, 0.1) is 0 Å². The van der Waals surface area contributed by atoms with Crippen LogP contribution in [0.2, 0.25) is 0 Å². The summed E-state index contributed by atoms with van der Waals surface area (Å²) in [7, 11) is 3.56. The van der Waals surface area contributed by atoms with E-state index in [0.717, 1.165) is 30.2 Å². The van der Waals surface area contributed by atoms with Gasteiger partial charge in [-0.1, -0.05) is 25.7 Å². The van der Waals surface area contributed by atoms with Crippen LogP contribution in [0.1, 0.15) is 57.0 Å². The SMILES string of the molecule is CCOC1(c2nc(COC)cc(NC)n2)CCCCCC1. The molecule has 0 atom stereocenters. The smallest absolute Gasteiger partial charge is 0.162 e. The normalized spacial score (nSPS) is 18.2. The van der Waals surface area contributed by atoms with Gasteiger partial charge in [-0.2, -0.15) is 0 Å². The van der Waals surface area contributed by atoms with Crippen molar-refractivity contribution in [3.8, 4) is 0 Å². The van der Waals surface area contributed by atoms with Crippen molar-refractivity contribution >= 4 is 5.82 Å². The maximum atomic E-state index is 6.18. The number of ether oxygens (including phenoxy) is 2. The Morgan fingerprint density at radius 1 is 1.19 bits per heavy atom. The van der Waals surface area contributed by atoms with Crippen LogP contribution < -0.4 is 5.32 Å². The third-order valence-electron chi connectivity index (χ3n) is 4.07. The minimum Gasteiger partial charge on any atom is -0.378 e.